The zero-order chi connectivity index (χ0) is 26.1. The van der Waals surface area contributed by atoms with Gasteiger partial charge in [0.15, 0.2) is 5.78 Å². The lowest BCUT2D eigenvalue weighted by Crippen LogP contribution is -2.36. The summed E-state index contributed by atoms with van der Waals surface area (Å²) in [5.74, 6) is 0.557. The van der Waals surface area contributed by atoms with E-state index in [9.17, 15) is 9.59 Å². The van der Waals surface area contributed by atoms with E-state index in [0.717, 1.165) is 24.3 Å². The van der Waals surface area contributed by atoms with Crippen molar-refractivity contribution in [1.29, 1.82) is 0 Å². The number of carbonyl (C=O) groups excluding carboxylic acids is 2. The fraction of sp³-hybridized carbons (Fsp3) is 0.429. The van der Waals surface area contributed by atoms with Crippen molar-refractivity contribution < 1.29 is 33.0 Å². The molecule has 1 N–H and O–H groups in total. The van der Waals surface area contributed by atoms with Crippen molar-refractivity contribution in [2.75, 3.05) is 27.4 Å². The number of ether oxygens (including phenoxy) is 4. The number of hydrogen-bond donors (Lipinski definition) is 1. The van der Waals surface area contributed by atoms with Crippen LogP contribution in [0.3, 0.4) is 0 Å². The number of methoxy groups -OCH3 is 2. The fourth-order valence-electron chi connectivity index (χ4n) is 5.48. The number of ketones is 1. The standard InChI is InChI=1S/C28H30BrNO7/c1-15-25(28(32)37-14-17-6-4-8-35-17)26(18-12-24(34-3)19(29)13-23(18)33-2)27-20(30-15)10-16(11-21(27)31)22-7-5-9-36-22/h5,7,9,12-13,16-17,26,30H,4,6,8,10-11,14H2,1-3H3/t16-,17-,26-/m1/s1. The summed E-state index contributed by atoms with van der Waals surface area (Å²) in [6, 6.07) is 7.33. The van der Waals surface area contributed by atoms with Crippen molar-refractivity contribution in [2.24, 2.45) is 0 Å². The van der Waals surface area contributed by atoms with Crippen molar-refractivity contribution in [3.63, 3.8) is 0 Å². The van der Waals surface area contributed by atoms with E-state index >= 15 is 0 Å². The number of halogens is 1. The molecule has 8 nitrogen and oxygen atoms in total. The molecule has 1 aliphatic carbocycles. The molecule has 0 bridgehead atoms. The predicted molar refractivity (Wildman–Crippen MR) is 138 cm³/mol. The van der Waals surface area contributed by atoms with E-state index in [1.807, 2.05) is 25.1 Å². The molecule has 1 aromatic heterocycles. The molecular weight excluding hydrogens is 542 g/mol. The highest BCUT2D eigenvalue weighted by Crippen LogP contribution is 2.49. The van der Waals surface area contributed by atoms with Gasteiger partial charge in [-0.15, -0.1) is 0 Å². The lowest BCUT2D eigenvalue weighted by atomic mass is 9.72. The highest BCUT2D eigenvalue weighted by Gasteiger charge is 2.43. The molecule has 196 valence electrons. The van der Waals surface area contributed by atoms with E-state index < -0.39 is 11.9 Å². The molecule has 0 unspecified atom stereocenters. The highest BCUT2D eigenvalue weighted by molar-refractivity contribution is 9.10. The number of hydrogen-bond acceptors (Lipinski definition) is 8. The third kappa shape index (κ3) is 4.94. The van der Waals surface area contributed by atoms with Crippen LogP contribution in [0.1, 0.15) is 55.8 Å². The molecule has 2 aromatic rings. The zero-order valence-electron chi connectivity index (χ0n) is 21.1. The molecule has 37 heavy (non-hydrogen) atoms. The number of benzene rings is 1. The van der Waals surface area contributed by atoms with Gasteiger partial charge in [-0.1, -0.05) is 0 Å². The summed E-state index contributed by atoms with van der Waals surface area (Å²) in [5.41, 5.74) is 2.99. The molecule has 0 spiro atoms. The van der Waals surface area contributed by atoms with E-state index in [1.54, 1.807) is 26.5 Å². The summed E-state index contributed by atoms with van der Waals surface area (Å²) in [6.45, 7) is 2.68. The maximum Gasteiger partial charge on any atom is 0.336 e. The highest BCUT2D eigenvalue weighted by atomic mass is 79.9. The van der Waals surface area contributed by atoms with Crippen LogP contribution >= 0.6 is 15.9 Å². The summed E-state index contributed by atoms with van der Waals surface area (Å²) >= 11 is 3.51. The van der Waals surface area contributed by atoms with Crippen molar-refractivity contribution in [1.82, 2.24) is 5.32 Å². The molecule has 5 rings (SSSR count). The van der Waals surface area contributed by atoms with Crippen LogP contribution in [-0.2, 0) is 19.1 Å². The molecule has 3 aliphatic rings. The summed E-state index contributed by atoms with van der Waals surface area (Å²) in [4.78, 5) is 27.4. The van der Waals surface area contributed by atoms with Gasteiger partial charge in [-0.25, -0.2) is 4.79 Å². The average molecular weight is 572 g/mol. The van der Waals surface area contributed by atoms with Crippen LogP contribution < -0.4 is 14.8 Å². The largest absolute Gasteiger partial charge is 0.496 e. The molecular formula is C28H30BrNO7. The van der Waals surface area contributed by atoms with Gasteiger partial charge in [0.2, 0.25) is 0 Å². The molecule has 2 aliphatic heterocycles. The summed E-state index contributed by atoms with van der Waals surface area (Å²) in [6.07, 6.45) is 4.17. The van der Waals surface area contributed by atoms with Gasteiger partial charge >= 0.3 is 5.97 Å². The van der Waals surface area contributed by atoms with E-state index in [1.165, 1.54) is 0 Å². The van der Waals surface area contributed by atoms with Crippen LogP contribution in [0.4, 0.5) is 0 Å². The first-order valence-corrected chi connectivity index (χ1v) is 13.2. The fourth-order valence-corrected chi connectivity index (χ4v) is 5.96. The Kier molecular flexibility index (Phi) is 7.44. The number of carbonyl (C=O) groups is 2. The van der Waals surface area contributed by atoms with Crippen LogP contribution in [0.5, 0.6) is 11.5 Å². The molecule has 3 heterocycles. The predicted octanol–water partition coefficient (Wildman–Crippen LogP) is 5.14. The second-order valence-electron chi connectivity index (χ2n) is 9.49. The SMILES string of the molecule is COc1cc([C@@H]2C(C(=O)OC[C@H]3CCCO3)=C(C)NC3=C2C(=O)C[C@H](c2ccco2)C3)c(OC)cc1Br. The minimum Gasteiger partial charge on any atom is -0.496 e. The minimum absolute atomic E-state index is 0.0546. The van der Waals surface area contributed by atoms with Crippen LogP contribution in [0.25, 0.3) is 0 Å². The van der Waals surface area contributed by atoms with Crippen molar-refractivity contribution in [3.8, 4) is 11.5 Å². The van der Waals surface area contributed by atoms with Gasteiger partial charge in [0, 0.05) is 41.5 Å². The molecule has 1 saturated heterocycles. The van der Waals surface area contributed by atoms with Gasteiger partial charge < -0.3 is 28.7 Å². The first kappa shape index (κ1) is 25.6. The number of nitrogens with one attached hydrogen (secondary N) is 1. The monoisotopic (exact) mass is 571 g/mol. The van der Waals surface area contributed by atoms with Crippen molar-refractivity contribution >= 4 is 27.7 Å². The van der Waals surface area contributed by atoms with Crippen molar-refractivity contribution in [2.45, 2.75) is 50.5 Å². The first-order chi connectivity index (χ1) is 17.9. The van der Waals surface area contributed by atoms with Crippen LogP contribution in [-0.4, -0.2) is 45.3 Å². The number of allylic oxidation sites excluding steroid dienone is 3. The first-order valence-electron chi connectivity index (χ1n) is 12.4. The molecule has 0 radical (unpaired) electrons. The Morgan fingerprint density at radius 3 is 2.68 bits per heavy atom. The summed E-state index contributed by atoms with van der Waals surface area (Å²) < 4.78 is 29.0. The Balaban J connectivity index is 1.59. The van der Waals surface area contributed by atoms with E-state index in [0.29, 0.717) is 51.4 Å². The number of dihydropyridines is 1. The Morgan fingerprint density at radius 1 is 1.19 bits per heavy atom. The van der Waals surface area contributed by atoms with E-state index in [4.69, 9.17) is 23.4 Å². The Labute approximate surface area is 224 Å². The van der Waals surface area contributed by atoms with Crippen LogP contribution in [0.2, 0.25) is 0 Å². The maximum atomic E-state index is 13.8. The second kappa shape index (κ2) is 10.8. The second-order valence-corrected chi connectivity index (χ2v) is 10.3. The van der Waals surface area contributed by atoms with E-state index in [2.05, 4.69) is 21.2 Å². The zero-order valence-corrected chi connectivity index (χ0v) is 22.7. The van der Waals surface area contributed by atoms with Crippen LogP contribution in [0.15, 0.2) is 62.0 Å². The molecule has 3 atom stereocenters. The molecule has 1 aromatic carbocycles. The maximum absolute atomic E-state index is 13.8. The molecule has 1 fully saturated rings. The number of rotatable bonds is 7. The lowest BCUT2D eigenvalue weighted by molar-refractivity contribution is -0.142. The van der Waals surface area contributed by atoms with Gasteiger partial charge in [0.05, 0.1) is 42.6 Å². The normalized spacial score (nSPS) is 23.6. The Morgan fingerprint density at radius 2 is 2.00 bits per heavy atom. The molecule has 9 heteroatoms. The van der Waals surface area contributed by atoms with Gasteiger partial charge in [-0.2, -0.15) is 0 Å². The lowest BCUT2D eigenvalue weighted by Gasteiger charge is -2.36. The van der Waals surface area contributed by atoms with Crippen molar-refractivity contribution in [3.05, 3.63) is 68.9 Å². The smallest absolute Gasteiger partial charge is 0.336 e. The third-order valence-corrected chi connectivity index (χ3v) is 7.85. The Hall–Kier alpha value is -3.04. The number of furan rings is 1. The average Bonchev–Trinajstić information content (AvgIpc) is 3.61. The Bertz CT molecular complexity index is 1260. The van der Waals surface area contributed by atoms with Gasteiger partial charge in [0.25, 0.3) is 0 Å². The van der Waals surface area contributed by atoms with Crippen LogP contribution in [0, 0.1) is 0 Å². The molecule has 0 saturated carbocycles. The number of Topliss-reactive ketones (excluding diaryl/α,β-unsaturated/α-hetero) is 1. The topological polar surface area (TPSA) is 96.2 Å². The molecule has 0 amide bonds. The minimum atomic E-state index is -0.685. The third-order valence-electron chi connectivity index (χ3n) is 7.23. The summed E-state index contributed by atoms with van der Waals surface area (Å²) in [5, 5.41) is 3.36. The number of esters is 1. The van der Waals surface area contributed by atoms with Gasteiger partial charge in [0.1, 0.15) is 23.9 Å². The summed E-state index contributed by atoms with van der Waals surface area (Å²) in [7, 11) is 3.14. The van der Waals surface area contributed by atoms with Gasteiger partial charge in [-0.3, -0.25) is 4.79 Å². The quantitative estimate of drug-likeness (QED) is 0.456. The van der Waals surface area contributed by atoms with E-state index in [-0.39, 0.29) is 30.8 Å². The van der Waals surface area contributed by atoms with Gasteiger partial charge in [-0.05, 0) is 66.4 Å².